The molecular weight excluding hydrogens is 147 g/mol. The highest BCUT2D eigenvalue weighted by atomic mass is 35.5. The van der Waals surface area contributed by atoms with Gasteiger partial charge in [0.25, 0.3) is 0 Å². The molecule has 0 aliphatic heterocycles. The van der Waals surface area contributed by atoms with Gasteiger partial charge in [-0.2, -0.15) is 0 Å². The molecule has 0 atom stereocenters. The van der Waals surface area contributed by atoms with Crippen molar-refractivity contribution in [3.05, 3.63) is 0 Å². The van der Waals surface area contributed by atoms with E-state index in [9.17, 15) is 9.18 Å². The molecule has 0 rings (SSSR count). The van der Waals surface area contributed by atoms with Crippen molar-refractivity contribution < 1.29 is 9.18 Å². The SMILES string of the molecule is Cl.NCC(=O)NCCF. The summed E-state index contributed by atoms with van der Waals surface area (Å²) in [4.78, 5) is 10.2. The van der Waals surface area contributed by atoms with E-state index in [-0.39, 0.29) is 31.4 Å². The van der Waals surface area contributed by atoms with E-state index < -0.39 is 6.67 Å². The van der Waals surface area contributed by atoms with Crippen molar-refractivity contribution in [2.75, 3.05) is 19.8 Å². The molecular formula is C4H10ClFN2O. The summed E-state index contributed by atoms with van der Waals surface area (Å²) in [7, 11) is 0. The predicted octanol–water partition coefficient (Wildman–Crippen LogP) is -0.547. The van der Waals surface area contributed by atoms with Crippen molar-refractivity contribution in [1.29, 1.82) is 0 Å². The smallest absolute Gasteiger partial charge is 0.233 e. The van der Waals surface area contributed by atoms with Crippen LogP contribution in [0.2, 0.25) is 0 Å². The van der Waals surface area contributed by atoms with Gasteiger partial charge in [0.2, 0.25) is 5.91 Å². The van der Waals surface area contributed by atoms with Gasteiger partial charge in [-0.25, -0.2) is 4.39 Å². The van der Waals surface area contributed by atoms with Crippen LogP contribution in [0.25, 0.3) is 0 Å². The molecule has 0 aliphatic carbocycles. The zero-order valence-electron chi connectivity index (χ0n) is 4.89. The van der Waals surface area contributed by atoms with Crippen molar-refractivity contribution in [1.82, 2.24) is 5.32 Å². The van der Waals surface area contributed by atoms with Crippen LogP contribution in [0.3, 0.4) is 0 Å². The lowest BCUT2D eigenvalue weighted by Crippen LogP contribution is -2.31. The van der Waals surface area contributed by atoms with Crippen LogP contribution in [0.1, 0.15) is 0 Å². The van der Waals surface area contributed by atoms with E-state index in [1.807, 2.05) is 0 Å². The molecule has 0 radical (unpaired) electrons. The van der Waals surface area contributed by atoms with Gasteiger partial charge in [0, 0.05) is 6.54 Å². The summed E-state index contributed by atoms with van der Waals surface area (Å²) in [6.07, 6.45) is 0. The zero-order valence-corrected chi connectivity index (χ0v) is 5.71. The molecule has 0 aromatic rings. The van der Waals surface area contributed by atoms with Gasteiger partial charge in [0.1, 0.15) is 6.67 Å². The Morgan fingerprint density at radius 3 is 2.56 bits per heavy atom. The van der Waals surface area contributed by atoms with Crippen molar-refractivity contribution in [3.63, 3.8) is 0 Å². The lowest BCUT2D eigenvalue weighted by atomic mass is 10.6. The number of hydrogen-bond donors (Lipinski definition) is 2. The van der Waals surface area contributed by atoms with E-state index in [4.69, 9.17) is 5.73 Å². The second kappa shape index (κ2) is 7.65. The fourth-order valence-corrected chi connectivity index (χ4v) is 0.259. The quantitative estimate of drug-likeness (QED) is 0.576. The van der Waals surface area contributed by atoms with Crippen LogP contribution in [0.15, 0.2) is 0 Å². The summed E-state index contributed by atoms with van der Waals surface area (Å²) in [6, 6.07) is 0. The fraction of sp³-hybridized carbons (Fsp3) is 0.750. The molecule has 0 bridgehead atoms. The number of alkyl halides is 1. The highest BCUT2D eigenvalue weighted by Gasteiger charge is 1.91. The maximum Gasteiger partial charge on any atom is 0.233 e. The second-order valence-corrected chi connectivity index (χ2v) is 1.24. The first kappa shape index (κ1) is 11.4. The summed E-state index contributed by atoms with van der Waals surface area (Å²) in [6.45, 7) is -0.540. The van der Waals surface area contributed by atoms with Gasteiger partial charge < -0.3 is 11.1 Å². The van der Waals surface area contributed by atoms with E-state index in [0.717, 1.165) is 0 Å². The van der Waals surface area contributed by atoms with Crippen LogP contribution in [-0.2, 0) is 4.79 Å². The molecule has 9 heavy (non-hydrogen) atoms. The predicted molar refractivity (Wildman–Crippen MR) is 35.3 cm³/mol. The van der Waals surface area contributed by atoms with Crippen molar-refractivity contribution in [2.24, 2.45) is 5.73 Å². The third-order valence-electron chi connectivity index (χ3n) is 0.602. The van der Waals surface area contributed by atoms with E-state index >= 15 is 0 Å². The van der Waals surface area contributed by atoms with Crippen molar-refractivity contribution >= 4 is 18.3 Å². The molecule has 1 amide bonds. The normalized spacial score (nSPS) is 7.78. The van der Waals surface area contributed by atoms with Crippen LogP contribution in [0.4, 0.5) is 4.39 Å². The molecule has 0 aromatic carbocycles. The van der Waals surface area contributed by atoms with Gasteiger partial charge in [-0.15, -0.1) is 12.4 Å². The van der Waals surface area contributed by atoms with Gasteiger partial charge in [0.05, 0.1) is 6.54 Å². The second-order valence-electron chi connectivity index (χ2n) is 1.24. The number of rotatable bonds is 3. The van der Waals surface area contributed by atoms with Gasteiger partial charge in [-0.3, -0.25) is 4.79 Å². The van der Waals surface area contributed by atoms with E-state index in [2.05, 4.69) is 5.32 Å². The number of hydrogen-bond acceptors (Lipinski definition) is 2. The average molecular weight is 157 g/mol. The van der Waals surface area contributed by atoms with E-state index in [1.54, 1.807) is 0 Å². The monoisotopic (exact) mass is 156 g/mol. The summed E-state index contributed by atoms with van der Waals surface area (Å²) in [5.74, 6) is -0.317. The number of nitrogens with one attached hydrogen (secondary N) is 1. The topological polar surface area (TPSA) is 55.1 Å². The Balaban J connectivity index is 0. The summed E-state index contributed by atoms with van der Waals surface area (Å²) in [5, 5.41) is 2.24. The third kappa shape index (κ3) is 7.65. The van der Waals surface area contributed by atoms with Gasteiger partial charge in [0.15, 0.2) is 0 Å². The lowest BCUT2D eigenvalue weighted by Gasteiger charge is -1.95. The minimum absolute atomic E-state index is 0. The molecule has 3 N–H and O–H groups in total. The molecule has 0 aliphatic rings. The standard InChI is InChI=1S/C4H9FN2O.ClH/c5-1-2-7-4(8)3-6;/h1-3,6H2,(H,7,8);1H. The number of nitrogens with two attached hydrogens (primary N) is 1. The first-order valence-corrected chi connectivity index (χ1v) is 2.34. The Bertz CT molecular complexity index is 81.0. The number of amides is 1. The van der Waals surface area contributed by atoms with Crippen LogP contribution < -0.4 is 11.1 Å². The molecule has 0 saturated heterocycles. The summed E-state index contributed by atoms with van der Waals surface area (Å²) >= 11 is 0. The van der Waals surface area contributed by atoms with Crippen molar-refractivity contribution in [2.45, 2.75) is 0 Å². The molecule has 5 heteroatoms. The maximum atomic E-state index is 11.2. The first-order valence-electron chi connectivity index (χ1n) is 2.34. The van der Waals surface area contributed by atoms with Crippen LogP contribution in [-0.4, -0.2) is 25.7 Å². The first-order chi connectivity index (χ1) is 3.81. The Hall–Kier alpha value is -0.350. The van der Waals surface area contributed by atoms with Gasteiger partial charge in [-0.05, 0) is 0 Å². The van der Waals surface area contributed by atoms with Crippen LogP contribution >= 0.6 is 12.4 Å². The highest BCUT2D eigenvalue weighted by molar-refractivity contribution is 5.85. The molecule has 0 unspecified atom stereocenters. The number of carbonyl (C=O) groups excluding carboxylic acids is 1. The lowest BCUT2D eigenvalue weighted by molar-refractivity contribution is -0.119. The molecule has 56 valence electrons. The molecule has 0 spiro atoms. The van der Waals surface area contributed by atoms with Crippen molar-refractivity contribution in [3.8, 4) is 0 Å². The van der Waals surface area contributed by atoms with Crippen LogP contribution in [0.5, 0.6) is 0 Å². The minimum atomic E-state index is -0.536. The zero-order chi connectivity index (χ0) is 6.41. The summed E-state index contributed by atoms with van der Waals surface area (Å²) < 4.78 is 11.2. The fourth-order valence-electron chi connectivity index (χ4n) is 0.259. The maximum absolute atomic E-state index is 11.2. The minimum Gasteiger partial charge on any atom is -0.352 e. The highest BCUT2D eigenvalue weighted by Crippen LogP contribution is 1.62. The van der Waals surface area contributed by atoms with E-state index in [1.165, 1.54) is 0 Å². The molecule has 0 heterocycles. The third-order valence-corrected chi connectivity index (χ3v) is 0.602. The van der Waals surface area contributed by atoms with E-state index in [0.29, 0.717) is 0 Å². The Morgan fingerprint density at radius 1 is 1.67 bits per heavy atom. The Kier molecular flexibility index (Phi) is 9.73. The average Bonchev–Trinajstić information content (AvgIpc) is 1.83. The number of carbonyl (C=O) groups is 1. The summed E-state index contributed by atoms with van der Waals surface area (Å²) in [5.41, 5.74) is 4.88. The Morgan fingerprint density at radius 2 is 2.22 bits per heavy atom. The van der Waals surface area contributed by atoms with Gasteiger partial charge >= 0.3 is 0 Å². The molecule has 0 saturated carbocycles. The van der Waals surface area contributed by atoms with Crippen LogP contribution in [0, 0.1) is 0 Å². The molecule has 0 fully saturated rings. The Labute approximate surface area is 59.2 Å². The largest absolute Gasteiger partial charge is 0.352 e. The molecule has 0 aromatic heterocycles. The van der Waals surface area contributed by atoms with Gasteiger partial charge in [-0.1, -0.05) is 0 Å². The number of halogens is 2. The molecule has 3 nitrogen and oxygen atoms in total.